The highest BCUT2D eigenvalue weighted by Crippen LogP contribution is 2.37. The van der Waals surface area contributed by atoms with Crippen molar-refractivity contribution in [3.63, 3.8) is 0 Å². The minimum atomic E-state index is -4.47. The second kappa shape index (κ2) is 6.41. The minimum Gasteiger partial charge on any atom is -0.445 e. The zero-order valence-electron chi connectivity index (χ0n) is 13.1. The summed E-state index contributed by atoms with van der Waals surface area (Å²) in [5.41, 5.74) is -0.577. The van der Waals surface area contributed by atoms with Crippen molar-refractivity contribution in [2.45, 2.75) is 19.3 Å². The SMILES string of the molecule is CC(=O)N1N=C(c2ccc(C(F)(F)F)cc2)OC1c1ccc([N+](=O)[O-])s1. The number of ether oxygens (including phenoxy) is 1. The molecule has 2 heterocycles. The topological polar surface area (TPSA) is 85.0 Å². The first-order chi connectivity index (χ1) is 12.2. The molecule has 0 saturated carbocycles. The maximum Gasteiger partial charge on any atom is 0.416 e. The molecule has 0 aliphatic carbocycles. The number of thiophene rings is 1. The molecule has 136 valence electrons. The van der Waals surface area contributed by atoms with Gasteiger partial charge in [0.1, 0.15) is 0 Å². The summed E-state index contributed by atoms with van der Waals surface area (Å²) in [6.07, 6.45) is -5.48. The van der Waals surface area contributed by atoms with Crippen molar-refractivity contribution in [2.24, 2.45) is 5.10 Å². The Kier molecular flexibility index (Phi) is 4.40. The average Bonchev–Trinajstić information content (AvgIpc) is 3.21. The molecule has 7 nitrogen and oxygen atoms in total. The number of carbonyl (C=O) groups excluding carboxylic acids is 1. The van der Waals surface area contributed by atoms with Crippen LogP contribution in [0.4, 0.5) is 18.2 Å². The molecule has 0 bridgehead atoms. The number of alkyl halides is 3. The van der Waals surface area contributed by atoms with E-state index in [-0.39, 0.29) is 16.5 Å². The van der Waals surface area contributed by atoms with Gasteiger partial charge in [-0.15, -0.1) is 5.10 Å². The van der Waals surface area contributed by atoms with Gasteiger partial charge in [0.05, 0.1) is 15.4 Å². The van der Waals surface area contributed by atoms with Crippen molar-refractivity contribution < 1.29 is 27.6 Å². The van der Waals surface area contributed by atoms with Gasteiger partial charge in [-0.25, -0.2) is 0 Å². The lowest BCUT2D eigenvalue weighted by Crippen LogP contribution is -2.24. The lowest BCUT2D eigenvalue weighted by molar-refractivity contribution is -0.380. The zero-order valence-corrected chi connectivity index (χ0v) is 13.9. The van der Waals surface area contributed by atoms with Gasteiger partial charge in [-0.1, -0.05) is 11.3 Å². The monoisotopic (exact) mass is 385 g/mol. The largest absolute Gasteiger partial charge is 0.445 e. The highest BCUT2D eigenvalue weighted by molar-refractivity contribution is 7.15. The van der Waals surface area contributed by atoms with Gasteiger partial charge in [-0.05, 0) is 30.3 Å². The van der Waals surface area contributed by atoms with Gasteiger partial charge in [0.15, 0.2) is 0 Å². The summed E-state index contributed by atoms with van der Waals surface area (Å²) in [4.78, 5) is 22.4. The van der Waals surface area contributed by atoms with Gasteiger partial charge in [0, 0.05) is 18.6 Å². The highest BCUT2D eigenvalue weighted by Gasteiger charge is 2.36. The van der Waals surface area contributed by atoms with Crippen molar-refractivity contribution in [3.05, 3.63) is 62.5 Å². The van der Waals surface area contributed by atoms with E-state index < -0.39 is 28.8 Å². The third-order valence-electron chi connectivity index (χ3n) is 3.46. The maximum atomic E-state index is 12.6. The summed E-state index contributed by atoms with van der Waals surface area (Å²) in [6, 6.07) is 6.83. The van der Waals surface area contributed by atoms with Crippen LogP contribution in [0.3, 0.4) is 0 Å². The number of amides is 1. The molecule has 1 aliphatic heterocycles. The van der Waals surface area contributed by atoms with E-state index in [4.69, 9.17) is 4.74 Å². The lowest BCUT2D eigenvalue weighted by Gasteiger charge is -2.17. The minimum absolute atomic E-state index is 0.0463. The van der Waals surface area contributed by atoms with Crippen LogP contribution in [0.25, 0.3) is 0 Å². The smallest absolute Gasteiger partial charge is 0.416 e. The molecule has 0 N–H and O–H groups in total. The van der Waals surface area contributed by atoms with Crippen LogP contribution in [-0.2, 0) is 15.7 Å². The van der Waals surface area contributed by atoms with Gasteiger partial charge in [-0.3, -0.25) is 14.9 Å². The summed E-state index contributed by atoms with van der Waals surface area (Å²) in [7, 11) is 0. The second-order valence-electron chi connectivity index (χ2n) is 5.25. The van der Waals surface area contributed by atoms with Gasteiger partial charge < -0.3 is 4.74 Å². The first-order valence-corrected chi connectivity index (χ1v) is 7.95. The number of hydrazone groups is 1. The molecule has 1 atom stereocenters. The quantitative estimate of drug-likeness (QED) is 0.592. The molecule has 3 rings (SSSR count). The molecular weight excluding hydrogens is 375 g/mol. The standard InChI is InChI=1S/C15H10F3N3O4S/c1-8(22)20-14(11-6-7-12(26-11)21(23)24)25-13(19-20)9-2-4-10(5-3-9)15(16,17)18/h2-7,14H,1H3. The summed E-state index contributed by atoms with van der Waals surface area (Å²) in [5.74, 6) is -0.525. The van der Waals surface area contributed by atoms with Crippen LogP contribution < -0.4 is 0 Å². The molecule has 0 radical (unpaired) electrons. The van der Waals surface area contributed by atoms with Crippen molar-refractivity contribution in [1.82, 2.24) is 5.01 Å². The Bertz CT molecular complexity index is 892. The van der Waals surface area contributed by atoms with Crippen molar-refractivity contribution in [1.29, 1.82) is 0 Å². The van der Waals surface area contributed by atoms with Gasteiger partial charge in [0.25, 0.3) is 0 Å². The number of benzene rings is 1. The number of rotatable bonds is 3. The number of nitro groups is 1. The van der Waals surface area contributed by atoms with Crippen LogP contribution in [-0.4, -0.2) is 21.7 Å². The van der Waals surface area contributed by atoms with Crippen molar-refractivity contribution >= 4 is 28.1 Å². The number of halogens is 3. The molecule has 1 amide bonds. The Hall–Kier alpha value is -2.95. The van der Waals surface area contributed by atoms with E-state index >= 15 is 0 Å². The fourth-order valence-electron chi connectivity index (χ4n) is 2.24. The Balaban J connectivity index is 1.89. The highest BCUT2D eigenvalue weighted by atomic mass is 32.1. The maximum absolute atomic E-state index is 12.6. The number of hydrogen-bond acceptors (Lipinski definition) is 6. The van der Waals surface area contributed by atoms with Gasteiger partial charge in [0.2, 0.25) is 18.0 Å². The van der Waals surface area contributed by atoms with E-state index in [9.17, 15) is 28.1 Å². The van der Waals surface area contributed by atoms with E-state index in [1.807, 2.05) is 0 Å². The predicted octanol–water partition coefficient (Wildman–Crippen LogP) is 3.91. The fraction of sp³-hybridized carbons (Fsp3) is 0.200. The molecule has 0 fully saturated rings. The Morgan fingerprint density at radius 3 is 2.42 bits per heavy atom. The van der Waals surface area contributed by atoms with Gasteiger partial charge in [-0.2, -0.15) is 18.2 Å². The van der Waals surface area contributed by atoms with Crippen molar-refractivity contribution in [3.8, 4) is 0 Å². The lowest BCUT2D eigenvalue weighted by atomic mass is 10.1. The van der Waals surface area contributed by atoms with Crippen LogP contribution in [0.2, 0.25) is 0 Å². The molecule has 1 aliphatic rings. The molecule has 11 heteroatoms. The number of hydrogen-bond donors (Lipinski definition) is 0. The molecule has 0 spiro atoms. The normalized spacial score (nSPS) is 17.0. The van der Waals surface area contributed by atoms with Crippen LogP contribution in [0.15, 0.2) is 41.5 Å². The van der Waals surface area contributed by atoms with Crippen LogP contribution in [0.1, 0.15) is 29.2 Å². The Morgan fingerprint density at radius 1 is 1.27 bits per heavy atom. The number of carbonyl (C=O) groups is 1. The first-order valence-electron chi connectivity index (χ1n) is 7.13. The first kappa shape index (κ1) is 17.9. The van der Waals surface area contributed by atoms with E-state index in [1.54, 1.807) is 0 Å². The number of nitrogens with zero attached hydrogens (tertiary/aromatic N) is 3. The van der Waals surface area contributed by atoms with E-state index in [1.165, 1.54) is 31.2 Å². The molecular formula is C15H10F3N3O4S. The Labute approximate surface area is 148 Å². The van der Waals surface area contributed by atoms with Crippen LogP contribution in [0, 0.1) is 10.1 Å². The molecule has 26 heavy (non-hydrogen) atoms. The average molecular weight is 385 g/mol. The fourth-order valence-corrected chi connectivity index (χ4v) is 3.08. The zero-order chi connectivity index (χ0) is 19.1. The third-order valence-corrected chi connectivity index (χ3v) is 4.53. The molecule has 0 saturated heterocycles. The van der Waals surface area contributed by atoms with E-state index in [0.29, 0.717) is 4.88 Å². The van der Waals surface area contributed by atoms with Gasteiger partial charge >= 0.3 is 11.2 Å². The van der Waals surface area contributed by atoms with E-state index in [0.717, 1.165) is 28.5 Å². The van der Waals surface area contributed by atoms with E-state index in [2.05, 4.69) is 5.10 Å². The van der Waals surface area contributed by atoms with Crippen LogP contribution >= 0.6 is 11.3 Å². The summed E-state index contributed by atoms with van der Waals surface area (Å²) in [6.45, 7) is 1.23. The molecule has 1 unspecified atom stereocenters. The Morgan fingerprint density at radius 2 is 1.92 bits per heavy atom. The van der Waals surface area contributed by atoms with Crippen LogP contribution in [0.5, 0.6) is 0 Å². The third kappa shape index (κ3) is 3.38. The predicted molar refractivity (Wildman–Crippen MR) is 85.3 cm³/mol. The summed E-state index contributed by atoms with van der Waals surface area (Å²) >= 11 is 0.822. The molecule has 1 aromatic carbocycles. The second-order valence-corrected chi connectivity index (χ2v) is 6.34. The molecule has 1 aromatic heterocycles. The van der Waals surface area contributed by atoms with Crippen molar-refractivity contribution in [2.75, 3.05) is 0 Å². The summed E-state index contributed by atoms with van der Waals surface area (Å²) in [5, 5.41) is 15.7. The summed E-state index contributed by atoms with van der Waals surface area (Å²) < 4.78 is 43.5. The molecule has 2 aromatic rings.